The standard InChI is InChI=1S/C19H24N8/c1-12-9-20-17-4-3-16(25-27(12)17)14-10-21-18-15(14)11-22-19(24-18)23-13-5-7-26(2)8-6-13/h9-11,13H,3-8H2,1-2H3,(H2,21,22,23,24). The minimum Gasteiger partial charge on any atom is -0.351 e. The SMILES string of the molecule is Cc1cnc2n1N=C(c1c[nH]c3nc(NC4CCN(C)CC4)ncc13)CC2. The van der Waals surface area contributed by atoms with Gasteiger partial charge in [-0.05, 0) is 46.3 Å². The molecule has 3 aromatic heterocycles. The van der Waals surface area contributed by atoms with Crippen LogP contribution in [-0.4, -0.2) is 61.4 Å². The molecule has 5 heterocycles. The number of nitrogens with one attached hydrogen (secondary N) is 2. The van der Waals surface area contributed by atoms with Gasteiger partial charge in [-0.1, -0.05) is 0 Å². The minimum atomic E-state index is 0.443. The van der Waals surface area contributed by atoms with Crippen molar-refractivity contribution in [3.8, 4) is 0 Å². The number of piperidine rings is 1. The molecular weight excluding hydrogens is 340 g/mol. The van der Waals surface area contributed by atoms with Gasteiger partial charge in [-0.25, -0.2) is 14.6 Å². The average molecular weight is 364 g/mol. The summed E-state index contributed by atoms with van der Waals surface area (Å²) in [6, 6.07) is 0.443. The zero-order valence-electron chi connectivity index (χ0n) is 15.7. The monoisotopic (exact) mass is 364 g/mol. The second-order valence-corrected chi connectivity index (χ2v) is 7.55. The van der Waals surface area contributed by atoms with Crippen LogP contribution in [0.3, 0.4) is 0 Å². The Balaban J connectivity index is 1.41. The third-order valence-corrected chi connectivity index (χ3v) is 5.58. The molecule has 2 aliphatic heterocycles. The smallest absolute Gasteiger partial charge is 0.224 e. The Morgan fingerprint density at radius 3 is 2.85 bits per heavy atom. The lowest BCUT2D eigenvalue weighted by molar-refractivity contribution is 0.263. The summed E-state index contributed by atoms with van der Waals surface area (Å²) in [6.07, 6.45) is 9.80. The molecule has 1 fully saturated rings. The molecule has 0 saturated carbocycles. The summed E-state index contributed by atoms with van der Waals surface area (Å²) in [4.78, 5) is 19.3. The van der Waals surface area contributed by atoms with Crippen LogP contribution in [0.2, 0.25) is 0 Å². The Hall–Kier alpha value is -2.74. The van der Waals surface area contributed by atoms with Crippen molar-refractivity contribution in [1.29, 1.82) is 0 Å². The molecule has 3 aromatic rings. The van der Waals surface area contributed by atoms with Gasteiger partial charge in [0.15, 0.2) is 0 Å². The van der Waals surface area contributed by atoms with Gasteiger partial charge in [-0.3, -0.25) is 0 Å². The van der Waals surface area contributed by atoms with Crippen molar-refractivity contribution in [2.24, 2.45) is 5.10 Å². The summed E-state index contributed by atoms with van der Waals surface area (Å²) in [6.45, 7) is 4.26. The summed E-state index contributed by atoms with van der Waals surface area (Å²) < 4.78 is 1.94. The van der Waals surface area contributed by atoms with Crippen LogP contribution in [0, 0.1) is 6.92 Å². The summed E-state index contributed by atoms with van der Waals surface area (Å²) >= 11 is 0. The molecule has 0 radical (unpaired) electrons. The lowest BCUT2D eigenvalue weighted by atomic mass is 10.1. The van der Waals surface area contributed by atoms with Crippen LogP contribution >= 0.6 is 0 Å². The molecular formula is C19H24N8. The van der Waals surface area contributed by atoms with Crippen molar-refractivity contribution in [2.75, 3.05) is 25.5 Å². The Morgan fingerprint density at radius 1 is 1.15 bits per heavy atom. The second-order valence-electron chi connectivity index (χ2n) is 7.55. The summed E-state index contributed by atoms with van der Waals surface area (Å²) in [5.74, 6) is 1.72. The molecule has 0 bridgehead atoms. The van der Waals surface area contributed by atoms with E-state index in [-0.39, 0.29) is 0 Å². The van der Waals surface area contributed by atoms with E-state index >= 15 is 0 Å². The lowest BCUT2D eigenvalue weighted by Gasteiger charge is -2.29. The molecule has 1 saturated heterocycles. The van der Waals surface area contributed by atoms with Crippen LogP contribution in [0.1, 0.15) is 36.3 Å². The molecule has 8 heteroatoms. The molecule has 8 nitrogen and oxygen atoms in total. The summed E-state index contributed by atoms with van der Waals surface area (Å²) in [7, 11) is 2.17. The van der Waals surface area contributed by atoms with Gasteiger partial charge >= 0.3 is 0 Å². The normalized spacial score (nSPS) is 18.5. The molecule has 0 aliphatic carbocycles. The van der Waals surface area contributed by atoms with Crippen LogP contribution < -0.4 is 5.32 Å². The minimum absolute atomic E-state index is 0.443. The highest BCUT2D eigenvalue weighted by atomic mass is 15.4. The Bertz CT molecular complexity index is 1010. The first-order chi connectivity index (χ1) is 13.2. The fraction of sp³-hybridized carbons (Fsp3) is 0.474. The van der Waals surface area contributed by atoms with Crippen molar-refractivity contribution in [3.63, 3.8) is 0 Å². The average Bonchev–Trinajstić information content (AvgIpc) is 3.27. The van der Waals surface area contributed by atoms with E-state index < -0.39 is 0 Å². The Kier molecular flexibility index (Phi) is 3.93. The van der Waals surface area contributed by atoms with Gasteiger partial charge in [0.1, 0.15) is 11.5 Å². The van der Waals surface area contributed by atoms with Gasteiger partial charge in [0.05, 0.1) is 17.6 Å². The molecule has 140 valence electrons. The number of anilines is 1. The van der Waals surface area contributed by atoms with E-state index in [1.165, 1.54) is 0 Å². The van der Waals surface area contributed by atoms with Crippen molar-refractivity contribution in [1.82, 2.24) is 29.5 Å². The van der Waals surface area contributed by atoms with E-state index in [1.807, 2.05) is 30.2 Å². The van der Waals surface area contributed by atoms with E-state index in [0.29, 0.717) is 12.0 Å². The molecule has 27 heavy (non-hydrogen) atoms. The summed E-state index contributed by atoms with van der Waals surface area (Å²) in [5.41, 5.74) is 4.04. The van der Waals surface area contributed by atoms with Gasteiger partial charge < -0.3 is 15.2 Å². The predicted molar refractivity (Wildman–Crippen MR) is 105 cm³/mol. The highest BCUT2D eigenvalue weighted by Gasteiger charge is 2.20. The number of aromatic nitrogens is 5. The zero-order valence-corrected chi connectivity index (χ0v) is 15.7. The van der Waals surface area contributed by atoms with Crippen LogP contribution in [-0.2, 0) is 6.42 Å². The van der Waals surface area contributed by atoms with Gasteiger partial charge in [0.2, 0.25) is 5.95 Å². The number of hydrogen-bond acceptors (Lipinski definition) is 6. The van der Waals surface area contributed by atoms with E-state index in [4.69, 9.17) is 10.1 Å². The van der Waals surface area contributed by atoms with Crippen molar-refractivity contribution < 1.29 is 0 Å². The molecule has 0 atom stereocenters. The number of aromatic amines is 1. The fourth-order valence-corrected chi connectivity index (χ4v) is 3.93. The third-order valence-electron chi connectivity index (χ3n) is 5.58. The maximum Gasteiger partial charge on any atom is 0.224 e. The second kappa shape index (κ2) is 6.45. The van der Waals surface area contributed by atoms with E-state index in [9.17, 15) is 0 Å². The van der Waals surface area contributed by atoms with Gasteiger partial charge in [-0.2, -0.15) is 10.1 Å². The van der Waals surface area contributed by atoms with E-state index in [2.05, 4.69) is 32.2 Å². The number of rotatable bonds is 3. The van der Waals surface area contributed by atoms with E-state index in [0.717, 1.165) is 72.6 Å². The first-order valence-corrected chi connectivity index (χ1v) is 9.58. The molecule has 0 amide bonds. The predicted octanol–water partition coefficient (Wildman–Crippen LogP) is 2.17. The zero-order chi connectivity index (χ0) is 18.4. The number of H-pyrrole nitrogens is 1. The molecule has 2 aliphatic rings. The van der Waals surface area contributed by atoms with Crippen LogP contribution in [0.25, 0.3) is 11.0 Å². The van der Waals surface area contributed by atoms with Gasteiger partial charge in [0.25, 0.3) is 0 Å². The number of nitrogens with zero attached hydrogens (tertiary/aromatic N) is 6. The van der Waals surface area contributed by atoms with Crippen LogP contribution in [0.15, 0.2) is 23.7 Å². The fourth-order valence-electron chi connectivity index (χ4n) is 3.93. The molecule has 0 unspecified atom stereocenters. The number of hydrogen-bond donors (Lipinski definition) is 2. The Morgan fingerprint density at radius 2 is 2.00 bits per heavy atom. The highest BCUT2D eigenvalue weighted by molar-refractivity contribution is 6.10. The van der Waals surface area contributed by atoms with Crippen molar-refractivity contribution in [2.45, 2.75) is 38.6 Å². The maximum atomic E-state index is 4.80. The third kappa shape index (κ3) is 2.99. The van der Waals surface area contributed by atoms with Crippen LogP contribution in [0.5, 0.6) is 0 Å². The number of imidazole rings is 1. The number of aryl methyl sites for hydroxylation is 2. The van der Waals surface area contributed by atoms with Crippen molar-refractivity contribution >= 4 is 22.7 Å². The quantitative estimate of drug-likeness (QED) is 0.744. The largest absolute Gasteiger partial charge is 0.351 e. The maximum absolute atomic E-state index is 4.80. The summed E-state index contributed by atoms with van der Waals surface area (Å²) in [5, 5.41) is 9.30. The van der Waals surface area contributed by atoms with Crippen molar-refractivity contribution in [3.05, 3.63) is 35.7 Å². The molecule has 0 spiro atoms. The lowest BCUT2D eigenvalue weighted by Crippen LogP contribution is -2.37. The van der Waals surface area contributed by atoms with Crippen LogP contribution in [0.4, 0.5) is 5.95 Å². The van der Waals surface area contributed by atoms with Gasteiger partial charge in [0, 0.05) is 35.8 Å². The molecule has 5 rings (SSSR count). The molecule has 0 aromatic carbocycles. The molecule has 2 N–H and O–H groups in total. The van der Waals surface area contributed by atoms with E-state index in [1.54, 1.807) is 0 Å². The topological polar surface area (TPSA) is 87.0 Å². The highest BCUT2D eigenvalue weighted by Crippen LogP contribution is 2.23. The number of likely N-dealkylation sites (tertiary alicyclic amines) is 1. The van der Waals surface area contributed by atoms with Gasteiger partial charge in [-0.15, -0.1) is 0 Å². The number of fused-ring (bicyclic) bond motifs is 2. The first kappa shape index (κ1) is 16.4. The Labute approximate surface area is 157 Å². The first-order valence-electron chi connectivity index (χ1n) is 9.58.